The number of methoxy groups -OCH3 is 1. The van der Waals surface area contributed by atoms with Gasteiger partial charge < -0.3 is 25.8 Å². The SMILES string of the molecule is COc1cc(C)c(S(=O)(=O)NC(N)=NCCCC(NC(=O)C2CCN3CCC(Cc4ccccc4)(NC(=O)OC(C)(C)C)C(=O)N23)C(=O)CCl)c(C)c1C. The fourth-order valence-electron chi connectivity index (χ4n) is 6.88. The molecule has 3 unspecified atom stereocenters. The molecule has 2 heterocycles. The molecular formula is C37H52ClN7O8S. The number of hydrogen-bond acceptors (Lipinski definition) is 10. The molecule has 17 heteroatoms. The zero-order chi connectivity index (χ0) is 40.0. The number of ketones is 1. The van der Waals surface area contributed by atoms with Crippen molar-refractivity contribution in [2.45, 2.75) is 102 Å². The summed E-state index contributed by atoms with van der Waals surface area (Å²) in [5, 5.41) is 8.82. The standard InChI is InChI=1S/C37H52ClN7O8S/c1-23-20-30(52-7)24(2)25(3)31(23)54(50,51)43-34(39)40-17-11-14-27(29(46)22-38)41-32(47)28-15-18-44-19-16-37(33(48)45(28)44,21-26-12-9-8-10-13-26)42-35(49)53-36(4,5)6/h8-10,12-13,20,27-28H,11,14-19,21-22H2,1-7H3,(H,41,47)(H,42,49)(H3,39,40,43). The summed E-state index contributed by atoms with van der Waals surface area (Å²) in [4.78, 5) is 58.5. The molecule has 0 bridgehead atoms. The normalized spacial score (nSPS) is 19.9. The van der Waals surface area contributed by atoms with Crippen molar-refractivity contribution in [2.24, 2.45) is 10.7 Å². The summed E-state index contributed by atoms with van der Waals surface area (Å²) in [6, 6.07) is 8.97. The third-order valence-corrected chi connectivity index (χ3v) is 11.4. The van der Waals surface area contributed by atoms with Crippen LogP contribution in [0.2, 0.25) is 0 Å². The number of nitrogens with zero attached hydrogens (tertiary/aromatic N) is 3. The van der Waals surface area contributed by atoms with Crippen LogP contribution in [-0.4, -0.2) is 104 Å². The maximum atomic E-state index is 14.4. The van der Waals surface area contributed by atoms with Crippen molar-refractivity contribution < 1.29 is 37.1 Å². The number of carbonyl (C=O) groups excluding carboxylic acids is 4. The van der Waals surface area contributed by atoms with Gasteiger partial charge in [-0.15, -0.1) is 11.6 Å². The van der Waals surface area contributed by atoms with Crippen LogP contribution in [0, 0.1) is 20.8 Å². The fraction of sp³-hybridized carbons (Fsp3) is 0.541. The Bertz CT molecular complexity index is 1870. The highest BCUT2D eigenvalue weighted by atomic mass is 35.5. The highest BCUT2D eigenvalue weighted by molar-refractivity contribution is 7.90. The van der Waals surface area contributed by atoms with E-state index in [0.29, 0.717) is 42.0 Å². The second-order valence-corrected chi connectivity index (χ2v) is 16.6. The summed E-state index contributed by atoms with van der Waals surface area (Å²) >= 11 is 5.92. The van der Waals surface area contributed by atoms with E-state index in [9.17, 15) is 27.6 Å². The lowest BCUT2D eigenvalue weighted by atomic mass is 9.84. The number of nitrogens with two attached hydrogens (primary N) is 1. The van der Waals surface area contributed by atoms with Crippen molar-refractivity contribution in [1.29, 1.82) is 0 Å². The molecule has 2 aliphatic heterocycles. The Morgan fingerprint density at radius 1 is 1.11 bits per heavy atom. The minimum absolute atomic E-state index is 0.0378. The van der Waals surface area contributed by atoms with E-state index in [1.54, 1.807) is 52.6 Å². The molecule has 0 radical (unpaired) electrons. The molecule has 54 heavy (non-hydrogen) atoms. The van der Waals surface area contributed by atoms with E-state index in [1.165, 1.54) is 12.1 Å². The molecule has 2 aliphatic rings. The van der Waals surface area contributed by atoms with Crippen LogP contribution in [-0.2, 0) is 35.6 Å². The first-order chi connectivity index (χ1) is 25.3. The van der Waals surface area contributed by atoms with Crippen molar-refractivity contribution in [3.8, 4) is 5.75 Å². The Kier molecular flexibility index (Phi) is 13.6. The smallest absolute Gasteiger partial charge is 0.408 e. The molecule has 4 rings (SSSR count). The van der Waals surface area contributed by atoms with Crippen LogP contribution in [0.3, 0.4) is 0 Å². The van der Waals surface area contributed by atoms with Gasteiger partial charge in [-0.05, 0) is 95.5 Å². The lowest BCUT2D eigenvalue weighted by Crippen LogP contribution is -2.70. The number of rotatable bonds is 14. The molecule has 2 saturated heterocycles. The summed E-state index contributed by atoms with van der Waals surface area (Å²) in [6.07, 6.45) is 0.397. The van der Waals surface area contributed by atoms with E-state index in [1.807, 2.05) is 30.3 Å². The van der Waals surface area contributed by atoms with Crippen LogP contribution in [0.4, 0.5) is 4.79 Å². The molecule has 0 aromatic heterocycles. The van der Waals surface area contributed by atoms with Crippen LogP contribution in [0.1, 0.15) is 68.7 Å². The minimum Gasteiger partial charge on any atom is -0.496 e. The van der Waals surface area contributed by atoms with Crippen LogP contribution in [0.5, 0.6) is 5.75 Å². The Morgan fingerprint density at radius 2 is 1.80 bits per heavy atom. The Hall–Kier alpha value is -4.41. The van der Waals surface area contributed by atoms with E-state index in [2.05, 4.69) is 20.3 Å². The average Bonchev–Trinajstić information content (AvgIpc) is 3.53. The number of hydrogen-bond donors (Lipinski definition) is 4. The van der Waals surface area contributed by atoms with Crippen molar-refractivity contribution in [2.75, 3.05) is 32.6 Å². The topological polar surface area (TPSA) is 202 Å². The molecule has 296 valence electrons. The van der Waals surface area contributed by atoms with Gasteiger partial charge in [-0.1, -0.05) is 30.3 Å². The van der Waals surface area contributed by atoms with E-state index in [-0.39, 0.29) is 49.0 Å². The summed E-state index contributed by atoms with van der Waals surface area (Å²) < 4.78 is 39.7. The first-order valence-corrected chi connectivity index (χ1v) is 19.8. The molecule has 0 spiro atoms. The van der Waals surface area contributed by atoms with Crippen molar-refractivity contribution >= 4 is 51.3 Å². The molecule has 5 N–H and O–H groups in total. The number of hydrazine groups is 1. The van der Waals surface area contributed by atoms with E-state index in [0.717, 1.165) is 5.56 Å². The summed E-state index contributed by atoms with van der Waals surface area (Å²) in [7, 11) is -2.56. The predicted octanol–water partition coefficient (Wildman–Crippen LogP) is 3.01. The van der Waals surface area contributed by atoms with Crippen molar-refractivity contribution in [3.63, 3.8) is 0 Å². The van der Waals surface area contributed by atoms with Crippen LogP contribution >= 0.6 is 11.6 Å². The van der Waals surface area contributed by atoms with E-state index < -0.39 is 56.9 Å². The maximum Gasteiger partial charge on any atom is 0.408 e. The zero-order valence-electron chi connectivity index (χ0n) is 32.0. The molecule has 2 aromatic carbocycles. The molecule has 0 aliphatic carbocycles. The molecular weight excluding hydrogens is 738 g/mol. The quantitative estimate of drug-likeness (QED) is 0.0955. The second-order valence-electron chi connectivity index (χ2n) is 14.7. The van der Waals surface area contributed by atoms with Crippen molar-refractivity contribution in [3.05, 3.63) is 58.7 Å². The number of guanidine groups is 1. The molecule has 2 aromatic rings. The van der Waals surface area contributed by atoms with Gasteiger partial charge in [-0.25, -0.2) is 22.9 Å². The van der Waals surface area contributed by atoms with E-state index in [4.69, 9.17) is 26.8 Å². The van der Waals surface area contributed by atoms with E-state index >= 15 is 0 Å². The van der Waals surface area contributed by atoms with Crippen LogP contribution in [0.15, 0.2) is 46.3 Å². The Balaban J connectivity index is 1.45. The Labute approximate surface area is 322 Å². The van der Waals surface area contributed by atoms with Gasteiger partial charge in [0.15, 0.2) is 5.78 Å². The summed E-state index contributed by atoms with van der Waals surface area (Å²) in [5.41, 5.74) is 6.26. The number of halogens is 1. The molecule has 3 amide bonds. The number of alkyl carbamates (subject to hydrolysis) is 1. The summed E-state index contributed by atoms with van der Waals surface area (Å²) in [5.74, 6) is -1.57. The fourth-order valence-corrected chi connectivity index (χ4v) is 8.55. The first-order valence-electron chi connectivity index (χ1n) is 17.8. The number of aryl methyl sites for hydroxylation is 1. The highest BCUT2D eigenvalue weighted by Crippen LogP contribution is 2.34. The molecule has 3 atom stereocenters. The number of aliphatic imine (C=N–C) groups is 1. The van der Waals surface area contributed by atoms with Gasteiger partial charge in [0, 0.05) is 26.1 Å². The molecule has 0 saturated carbocycles. The lowest BCUT2D eigenvalue weighted by molar-refractivity contribution is -0.167. The number of ether oxygens (including phenoxy) is 2. The van der Waals surface area contributed by atoms with Crippen LogP contribution < -0.4 is 25.8 Å². The van der Waals surface area contributed by atoms with Gasteiger partial charge in [0.2, 0.25) is 11.9 Å². The number of Topliss-reactive ketones (excluding diaryl/α,β-unsaturated/α-hetero) is 1. The number of carbonyl (C=O) groups is 4. The van der Waals surface area contributed by atoms with Gasteiger partial charge in [0.1, 0.15) is 22.9 Å². The predicted molar refractivity (Wildman–Crippen MR) is 205 cm³/mol. The first kappa shape index (κ1) is 42.3. The highest BCUT2D eigenvalue weighted by Gasteiger charge is 2.54. The zero-order valence-corrected chi connectivity index (χ0v) is 33.5. The number of fused-ring (bicyclic) bond motifs is 1. The summed E-state index contributed by atoms with van der Waals surface area (Å²) in [6.45, 7) is 11.1. The lowest BCUT2D eigenvalue weighted by Gasteiger charge is -2.46. The number of benzene rings is 2. The second kappa shape index (κ2) is 17.4. The third-order valence-electron chi connectivity index (χ3n) is 9.54. The molecule has 15 nitrogen and oxygen atoms in total. The van der Waals surface area contributed by atoms with Gasteiger partial charge >= 0.3 is 6.09 Å². The van der Waals surface area contributed by atoms with Crippen molar-refractivity contribution in [1.82, 2.24) is 25.4 Å². The average molecular weight is 790 g/mol. The maximum absolute atomic E-state index is 14.4. The Morgan fingerprint density at radius 3 is 2.43 bits per heavy atom. The monoisotopic (exact) mass is 789 g/mol. The molecule has 2 fully saturated rings. The number of nitrogens with one attached hydrogen (secondary N) is 3. The number of alkyl halides is 1. The number of amides is 3. The van der Waals surface area contributed by atoms with Crippen LogP contribution in [0.25, 0.3) is 0 Å². The largest absolute Gasteiger partial charge is 0.496 e. The van der Waals surface area contributed by atoms with Gasteiger partial charge in [0.05, 0.1) is 23.9 Å². The van der Waals surface area contributed by atoms with Gasteiger partial charge in [-0.2, -0.15) is 0 Å². The minimum atomic E-state index is -4.08. The third kappa shape index (κ3) is 10.0. The number of sulfonamides is 1. The van der Waals surface area contributed by atoms with Gasteiger partial charge in [-0.3, -0.25) is 24.4 Å². The van der Waals surface area contributed by atoms with Gasteiger partial charge in [0.25, 0.3) is 15.9 Å².